The van der Waals surface area contributed by atoms with Gasteiger partial charge in [-0.1, -0.05) is 139 Å². The van der Waals surface area contributed by atoms with Gasteiger partial charge in [-0.05, 0) is 77.0 Å². The first-order valence-electron chi connectivity index (χ1n) is 22.0. The molecule has 0 aromatic carbocycles. The van der Waals surface area contributed by atoms with Crippen molar-refractivity contribution in [3.05, 3.63) is 60.8 Å². The molecular weight excluding hydrogens is 725 g/mol. The van der Waals surface area contributed by atoms with Crippen LogP contribution in [0.2, 0.25) is 0 Å². The van der Waals surface area contributed by atoms with Gasteiger partial charge in [0.15, 0.2) is 6.10 Å². The molecule has 0 fully saturated rings. The fourth-order valence-electron chi connectivity index (χ4n) is 5.58. The van der Waals surface area contributed by atoms with Gasteiger partial charge in [0.2, 0.25) is 0 Å². The van der Waals surface area contributed by atoms with Crippen molar-refractivity contribution in [2.45, 2.75) is 174 Å². The molecule has 1 unspecified atom stereocenters. The van der Waals surface area contributed by atoms with Crippen LogP contribution in [0.1, 0.15) is 168 Å². The van der Waals surface area contributed by atoms with Crippen LogP contribution in [0.4, 0.5) is 0 Å². The van der Waals surface area contributed by atoms with Gasteiger partial charge in [0.25, 0.3) is 7.82 Å². The molecule has 0 radical (unpaired) electrons. The molecule has 0 spiro atoms. The summed E-state index contributed by atoms with van der Waals surface area (Å²) in [6, 6.07) is 0. The van der Waals surface area contributed by atoms with Crippen LogP contribution in [-0.2, 0) is 32.7 Å². The predicted octanol–water partition coefficient (Wildman–Crippen LogP) is 11.8. The summed E-state index contributed by atoms with van der Waals surface area (Å²) in [5.74, 6) is -0.892. The number of hydrogen-bond donors (Lipinski definition) is 0. The van der Waals surface area contributed by atoms with Crippen molar-refractivity contribution in [3.63, 3.8) is 0 Å². The molecule has 0 aromatic rings. The number of hydrogen-bond acceptors (Lipinski definition) is 8. The van der Waals surface area contributed by atoms with Crippen LogP contribution in [0, 0.1) is 0 Å². The minimum Gasteiger partial charge on any atom is -0.756 e. The number of unbranched alkanes of at least 4 members (excludes halogenated alkanes) is 15. The zero-order chi connectivity index (χ0) is 41.4. The highest BCUT2D eigenvalue weighted by molar-refractivity contribution is 7.45. The van der Waals surface area contributed by atoms with E-state index >= 15 is 0 Å². The minimum absolute atomic E-state index is 0.0407. The number of carbonyl (C=O) groups is 2. The summed E-state index contributed by atoms with van der Waals surface area (Å²) in [6.07, 6.45) is 45.3. The number of rotatable bonds is 39. The van der Waals surface area contributed by atoms with E-state index in [0.29, 0.717) is 23.9 Å². The third-order valence-corrected chi connectivity index (χ3v) is 9.99. The first-order chi connectivity index (χ1) is 27.0. The molecule has 56 heavy (non-hydrogen) atoms. The lowest BCUT2D eigenvalue weighted by Gasteiger charge is -2.28. The first-order valence-corrected chi connectivity index (χ1v) is 23.5. The van der Waals surface area contributed by atoms with Gasteiger partial charge in [-0.25, -0.2) is 0 Å². The molecule has 0 heterocycles. The Morgan fingerprint density at radius 1 is 0.571 bits per heavy atom. The molecule has 0 bridgehead atoms. The maximum atomic E-state index is 12.7. The summed E-state index contributed by atoms with van der Waals surface area (Å²) in [7, 11) is 1.13. The van der Waals surface area contributed by atoms with E-state index in [9.17, 15) is 19.0 Å². The third kappa shape index (κ3) is 41.3. The summed E-state index contributed by atoms with van der Waals surface area (Å²) in [5.41, 5.74) is 0. The minimum atomic E-state index is -4.64. The Labute approximate surface area is 343 Å². The molecule has 0 aliphatic rings. The van der Waals surface area contributed by atoms with Crippen LogP contribution in [0.15, 0.2) is 60.8 Å². The smallest absolute Gasteiger partial charge is 0.306 e. The standard InChI is InChI=1S/C46H82NO8P/c1-6-8-10-12-14-16-18-20-22-23-25-27-29-31-33-35-37-39-46(49)55-44(43-54-56(50,51)53-41-40-47(3,4)5)42-52-45(48)38-36-34-32-30-28-26-24-21-19-17-15-13-11-9-7-2/h9,11,15,17,20-22,24,28,30,44H,6-8,10,12-14,16,18-19,23,25-27,29,31-43H2,1-5H3/b11-9-,17-15-,22-20-,24-21-,30-28-/t44-/m1/s1. The zero-order valence-corrected chi connectivity index (χ0v) is 37.2. The van der Waals surface area contributed by atoms with Gasteiger partial charge < -0.3 is 27.9 Å². The Morgan fingerprint density at radius 3 is 1.57 bits per heavy atom. The van der Waals surface area contributed by atoms with Crippen LogP contribution in [0.25, 0.3) is 0 Å². The molecule has 9 nitrogen and oxygen atoms in total. The number of quaternary nitrogens is 1. The summed E-state index contributed by atoms with van der Waals surface area (Å²) >= 11 is 0. The van der Waals surface area contributed by atoms with Gasteiger partial charge in [-0.2, -0.15) is 0 Å². The quantitative estimate of drug-likeness (QED) is 0.0198. The SMILES string of the molecule is CC/C=C\C/C=C\C/C=C\C/C=C\CCCCC(=O)OC[C@H](COP(=O)([O-])OCC[N+](C)(C)C)OC(=O)CCCCCCCCC/C=C\CCCCCCCC. The number of ether oxygens (including phenoxy) is 2. The van der Waals surface area contributed by atoms with E-state index in [4.69, 9.17) is 18.5 Å². The molecule has 0 rings (SSSR count). The topological polar surface area (TPSA) is 111 Å². The van der Waals surface area contributed by atoms with Crippen LogP contribution in [0.3, 0.4) is 0 Å². The van der Waals surface area contributed by atoms with Gasteiger partial charge in [0.1, 0.15) is 19.8 Å². The van der Waals surface area contributed by atoms with Gasteiger partial charge >= 0.3 is 11.9 Å². The van der Waals surface area contributed by atoms with Crippen LogP contribution >= 0.6 is 7.82 Å². The summed E-state index contributed by atoms with van der Waals surface area (Å²) < 4.78 is 33.8. The monoisotopic (exact) mass is 808 g/mol. The number of carbonyl (C=O) groups excluding carboxylic acids is 2. The molecule has 2 atom stereocenters. The Kier molecular flexibility index (Phi) is 36.7. The van der Waals surface area contributed by atoms with Crippen LogP contribution in [-0.4, -0.2) is 70.0 Å². The number of likely N-dealkylation sites (N-methyl/N-ethyl adjacent to an activating group) is 1. The lowest BCUT2D eigenvalue weighted by atomic mass is 10.1. The Hall–Kier alpha value is -2.29. The second-order valence-corrected chi connectivity index (χ2v) is 17.1. The molecule has 0 saturated heterocycles. The normalized spacial score (nSPS) is 14.2. The molecule has 0 amide bonds. The third-order valence-electron chi connectivity index (χ3n) is 9.02. The Balaban J connectivity index is 4.43. The lowest BCUT2D eigenvalue weighted by Crippen LogP contribution is -2.37. The van der Waals surface area contributed by atoms with Crippen molar-refractivity contribution in [1.29, 1.82) is 0 Å². The highest BCUT2D eigenvalue weighted by Gasteiger charge is 2.21. The van der Waals surface area contributed by atoms with Crippen molar-refractivity contribution < 1.29 is 42.1 Å². The van der Waals surface area contributed by atoms with Crippen LogP contribution in [0.5, 0.6) is 0 Å². The number of allylic oxidation sites excluding steroid dienone is 10. The molecule has 0 aliphatic heterocycles. The van der Waals surface area contributed by atoms with Gasteiger partial charge in [0, 0.05) is 12.8 Å². The number of esters is 2. The van der Waals surface area contributed by atoms with E-state index in [1.54, 1.807) is 0 Å². The second kappa shape index (κ2) is 38.2. The van der Waals surface area contributed by atoms with Gasteiger partial charge in [0.05, 0.1) is 27.7 Å². The fourth-order valence-corrected chi connectivity index (χ4v) is 6.31. The highest BCUT2D eigenvalue weighted by Crippen LogP contribution is 2.38. The van der Waals surface area contributed by atoms with E-state index in [1.807, 2.05) is 21.1 Å². The maximum absolute atomic E-state index is 12.7. The molecule has 0 N–H and O–H groups in total. The number of nitrogens with zero attached hydrogens (tertiary/aromatic N) is 1. The average Bonchev–Trinajstić information content (AvgIpc) is 3.15. The molecule has 10 heteroatoms. The number of phosphoric acid groups is 1. The largest absolute Gasteiger partial charge is 0.756 e. The van der Waals surface area contributed by atoms with E-state index < -0.39 is 32.5 Å². The Bertz CT molecular complexity index is 1140. The molecular formula is C46H82NO8P. The molecule has 324 valence electrons. The predicted molar refractivity (Wildman–Crippen MR) is 231 cm³/mol. The highest BCUT2D eigenvalue weighted by atomic mass is 31.2. The number of phosphoric ester groups is 1. The molecule has 0 aliphatic carbocycles. The fraction of sp³-hybridized carbons (Fsp3) is 0.739. The van der Waals surface area contributed by atoms with Gasteiger partial charge in [-0.15, -0.1) is 0 Å². The zero-order valence-electron chi connectivity index (χ0n) is 36.3. The maximum Gasteiger partial charge on any atom is 0.306 e. The summed E-state index contributed by atoms with van der Waals surface area (Å²) in [6.45, 7) is 4.04. The van der Waals surface area contributed by atoms with E-state index in [2.05, 4.69) is 74.6 Å². The van der Waals surface area contributed by atoms with Crippen molar-refractivity contribution in [3.8, 4) is 0 Å². The summed E-state index contributed by atoms with van der Waals surface area (Å²) in [4.78, 5) is 37.5. The second-order valence-electron chi connectivity index (χ2n) is 15.7. The summed E-state index contributed by atoms with van der Waals surface area (Å²) in [5, 5.41) is 0. The van der Waals surface area contributed by atoms with E-state index in [1.165, 1.54) is 64.2 Å². The molecule has 0 aromatic heterocycles. The van der Waals surface area contributed by atoms with E-state index in [-0.39, 0.29) is 26.1 Å². The van der Waals surface area contributed by atoms with Gasteiger partial charge in [-0.3, -0.25) is 14.2 Å². The van der Waals surface area contributed by atoms with Crippen LogP contribution < -0.4 is 4.89 Å². The Morgan fingerprint density at radius 2 is 1.02 bits per heavy atom. The van der Waals surface area contributed by atoms with E-state index in [0.717, 1.165) is 64.2 Å². The van der Waals surface area contributed by atoms with Crippen molar-refractivity contribution in [2.75, 3.05) is 47.5 Å². The van der Waals surface area contributed by atoms with Crippen molar-refractivity contribution >= 4 is 19.8 Å². The lowest BCUT2D eigenvalue weighted by molar-refractivity contribution is -0.870. The van der Waals surface area contributed by atoms with Crippen molar-refractivity contribution in [1.82, 2.24) is 0 Å². The average molecular weight is 808 g/mol. The molecule has 0 saturated carbocycles. The van der Waals surface area contributed by atoms with Crippen molar-refractivity contribution in [2.24, 2.45) is 0 Å². The first kappa shape index (κ1) is 53.7.